The fraction of sp³-hybridized carbons (Fsp3) is 0.481. The van der Waals surface area contributed by atoms with Gasteiger partial charge in [-0.05, 0) is 47.9 Å². The van der Waals surface area contributed by atoms with Crippen LogP contribution in [0.3, 0.4) is 0 Å². The molecule has 0 spiro atoms. The van der Waals surface area contributed by atoms with Crippen LogP contribution in [-0.4, -0.2) is 24.0 Å². The molecule has 2 aromatic rings. The first kappa shape index (κ1) is 21.6. The van der Waals surface area contributed by atoms with Gasteiger partial charge in [-0.3, -0.25) is 0 Å². The van der Waals surface area contributed by atoms with Crippen molar-refractivity contribution in [2.75, 3.05) is 0 Å². The summed E-state index contributed by atoms with van der Waals surface area (Å²) >= 11 is 0. The van der Waals surface area contributed by atoms with E-state index in [1.165, 1.54) is 22.3 Å². The minimum atomic E-state index is 0.0486. The lowest BCUT2D eigenvalue weighted by Crippen LogP contribution is -2.18. The normalized spacial score (nSPS) is 25.0. The predicted molar refractivity (Wildman–Crippen MR) is 127 cm³/mol. The van der Waals surface area contributed by atoms with E-state index >= 15 is 0 Å². The van der Waals surface area contributed by atoms with Crippen molar-refractivity contribution in [3.8, 4) is 0 Å². The van der Waals surface area contributed by atoms with Gasteiger partial charge in [-0.25, -0.2) is 9.98 Å². The van der Waals surface area contributed by atoms with Crippen LogP contribution in [0.5, 0.6) is 0 Å². The first-order chi connectivity index (χ1) is 15.1. The standard InChI is InChI=1S/C27H34N2O2/c1-5-18-11-9-13-20(15-18)26-22(7-3)30-24(28-26)17-25-29-27(23(8-4)31-25)21-14-10-12-19(6-2)16-21/h9-16,22-23,26-27H,5-8,17H2,1-4H3/t22?,23?,26-,27-/m1/s1. The number of nitrogens with zero attached hydrogens (tertiary/aromatic N) is 2. The Hall–Kier alpha value is -2.62. The molecular formula is C27H34N2O2. The Morgan fingerprint density at radius 2 is 1.13 bits per heavy atom. The van der Waals surface area contributed by atoms with Gasteiger partial charge in [0.05, 0.1) is 6.42 Å². The summed E-state index contributed by atoms with van der Waals surface area (Å²) < 4.78 is 12.5. The lowest BCUT2D eigenvalue weighted by molar-refractivity contribution is 0.175. The topological polar surface area (TPSA) is 43.2 Å². The molecule has 0 fully saturated rings. The molecule has 0 N–H and O–H groups in total. The molecule has 0 radical (unpaired) electrons. The monoisotopic (exact) mass is 418 g/mol. The van der Waals surface area contributed by atoms with Crippen molar-refractivity contribution in [3.05, 3.63) is 70.8 Å². The van der Waals surface area contributed by atoms with Crippen molar-refractivity contribution in [3.63, 3.8) is 0 Å². The smallest absolute Gasteiger partial charge is 0.193 e. The Morgan fingerprint density at radius 1 is 0.677 bits per heavy atom. The average Bonchev–Trinajstić information content (AvgIpc) is 3.43. The van der Waals surface area contributed by atoms with Gasteiger partial charge in [-0.15, -0.1) is 0 Å². The quantitative estimate of drug-likeness (QED) is 0.498. The van der Waals surface area contributed by atoms with Gasteiger partial charge in [-0.2, -0.15) is 0 Å². The molecule has 0 aromatic heterocycles. The number of aryl methyl sites for hydroxylation is 2. The van der Waals surface area contributed by atoms with E-state index < -0.39 is 0 Å². The molecule has 0 aliphatic carbocycles. The zero-order valence-electron chi connectivity index (χ0n) is 19.2. The third-order valence-corrected chi connectivity index (χ3v) is 6.35. The van der Waals surface area contributed by atoms with Crippen LogP contribution in [0.15, 0.2) is 58.5 Å². The molecule has 2 heterocycles. The number of hydrogen-bond acceptors (Lipinski definition) is 4. The second-order valence-corrected chi connectivity index (χ2v) is 8.44. The first-order valence-corrected chi connectivity index (χ1v) is 11.8. The second kappa shape index (κ2) is 9.67. The largest absolute Gasteiger partial charge is 0.475 e. The first-order valence-electron chi connectivity index (χ1n) is 11.8. The molecule has 2 aliphatic rings. The maximum Gasteiger partial charge on any atom is 0.193 e. The molecule has 4 nitrogen and oxygen atoms in total. The Kier molecular flexibility index (Phi) is 6.74. The number of ether oxygens (including phenoxy) is 2. The summed E-state index contributed by atoms with van der Waals surface area (Å²) in [4.78, 5) is 9.92. The predicted octanol–water partition coefficient (Wildman–Crippen LogP) is 6.40. The van der Waals surface area contributed by atoms with Crippen LogP contribution in [0.25, 0.3) is 0 Å². The highest BCUT2D eigenvalue weighted by atomic mass is 16.5. The fourth-order valence-corrected chi connectivity index (χ4v) is 4.51. The summed E-state index contributed by atoms with van der Waals surface area (Å²) in [6.07, 6.45) is 4.57. The van der Waals surface area contributed by atoms with Crippen LogP contribution in [0.1, 0.15) is 81.3 Å². The van der Waals surface area contributed by atoms with Crippen LogP contribution < -0.4 is 0 Å². The molecule has 31 heavy (non-hydrogen) atoms. The Labute approximate surface area is 186 Å². The molecular weight excluding hydrogens is 384 g/mol. The van der Waals surface area contributed by atoms with E-state index in [4.69, 9.17) is 19.5 Å². The Morgan fingerprint density at radius 3 is 1.52 bits per heavy atom. The van der Waals surface area contributed by atoms with Crippen LogP contribution >= 0.6 is 0 Å². The minimum absolute atomic E-state index is 0.0486. The van der Waals surface area contributed by atoms with Gasteiger partial charge >= 0.3 is 0 Å². The SMILES string of the molecule is CCc1cccc([C@H]2N=C(CC3=N[C@H](c4cccc(CC)c4)C(CC)O3)OC2CC)c1. The van der Waals surface area contributed by atoms with Crippen molar-refractivity contribution in [2.45, 2.75) is 84.1 Å². The van der Waals surface area contributed by atoms with Crippen molar-refractivity contribution in [1.82, 2.24) is 0 Å². The molecule has 4 atom stereocenters. The molecule has 164 valence electrons. The summed E-state index contributed by atoms with van der Waals surface area (Å²) in [6, 6.07) is 17.5. The summed E-state index contributed by atoms with van der Waals surface area (Å²) in [7, 11) is 0. The fourth-order valence-electron chi connectivity index (χ4n) is 4.51. The molecule has 4 heteroatoms. The average molecular weight is 419 g/mol. The van der Waals surface area contributed by atoms with Gasteiger partial charge in [0.2, 0.25) is 0 Å². The molecule has 0 saturated carbocycles. The maximum absolute atomic E-state index is 6.25. The van der Waals surface area contributed by atoms with Gasteiger partial charge in [0.1, 0.15) is 24.3 Å². The van der Waals surface area contributed by atoms with E-state index in [0.717, 1.165) is 37.5 Å². The molecule has 0 amide bonds. The summed E-state index contributed by atoms with van der Waals surface area (Å²) in [5, 5.41) is 0. The highest BCUT2D eigenvalue weighted by Crippen LogP contribution is 2.35. The van der Waals surface area contributed by atoms with Crippen molar-refractivity contribution in [2.24, 2.45) is 9.98 Å². The Balaban J connectivity index is 1.53. The van der Waals surface area contributed by atoms with Crippen LogP contribution in [0.4, 0.5) is 0 Å². The molecule has 4 rings (SSSR count). The third kappa shape index (κ3) is 4.68. The van der Waals surface area contributed by atoms with E-state index in [9.17, 15) is 0 Å². The van der Waals surface area contributed by atoms with Crippen LogP contribution in [-0.2, 0) is 22.3 Å². The van der Waals surface area contributed by atoms with E-state index in [1.54, 1.807) is 0 Å². The number of rotatable bonds is 8. The zero-order valence-corrected chi connectivity index (χ0v) is 19.2. The van der Waals surface area contributed by atoms with Crippen molar-refractivity contribution < 1.29 is 9.47 Å². The van der Waals surface area contributed by atoms with Gasteiger partial charge < -0.3 is 9.47 Å². The number of aliphatic imine (C=N–C) groups is 2. The van der Waals surface area contributed by atoms with Gasteiger partial charge in [0, 0.05) is 0 Å². The van der Waals surface area contributed by atoms with Crippen molar-refractivity contribution in [1.29, 1.82) is 0 Å². The van der Waals surface area contributed by atoms with E-state index in [-0.39, 0.29) is 24.3 Å². The number of benzene rings is 2. The zero-order chi connectivity index (χ0) is 21.8. The number of hydrogen-bond donors (Lipinski definition) is 0. The lowest BCUT2D eigenvalue weighted by Gasteiger charge is -2.17. The maximum atomic E-state index is 6.25. The highest BCUT2D eigenvalue weighted by Gasteiger charge is 2.35. The summed E-state index contributed by atoms with van der Waals surface area (Å²) in [5.41, 5.74) is 5.14. The van der Waals surface area contributed by atoms with Crippen LogP contribution in [0, 0.1) is 0 Å². The van der Waals surface area contributed by atoms with Crippen LogP contribution in [0.2, 0.25) is 0 Å². The second-order valence-electron chi connectivity index (χ2n) is 8.44. The minimum Gasteiger partial charge on any atom is -0.475 e. The molecule has 0 bridgehead atoms. The third-order valence-electron chi connectivity index (χ3n) is 6.35. The summed E-state index contributed by atoms with van der Waals surface area (Å²) in [6.45, 7) is 8.69. The molecule has 0 saturated heterocycles. The van der Waals surface area contributed by atoms with Gasteiger partial charge in [0.15, 0.2) is 11.8 Å². The Bertz CT molecular complexity index is 888. The van der Waals surface area contributed by atoms with Gasteiger partial charge in [0.25, 0.3) is 0 Å². The van der Waals surface area contributed by atoms with E-state index in [1.807, 2.05) is 0 Å². The van der Waals surface area contributed by atoms with E-state index in [0.29, 0.717) is 6.42 Å². The van der Waals surface area contributed by atoms with E-state index in [2.05, 4.69) is 76.2 Å². The lowest BCUT2D eigenvalue weighted by atomic mass is 9.98. The van der Waals surface area contributed by atoms with Crippen molar-refractivity contribution >= 4 is 11.8 Å². The van der Waals surface area contributed by atoms with Gasteiger partial charge in [-0.1, -0.05) is 76.2 Å². The highest BCUT2D eigenvalue weighted by molar-refractivity contribution is 5.98. The molecule has 2 unspecified atom stereocenters. The molecule has 2 aliphatic heterocycles. The summed E-state index contributed by atoms with van der Waals surface area (Å²) in [5.74, 6) is 1.49. The molecule has 2 aromatic carbocycles.